The van der Waals surface area contributed by atoms with Gasteiger partial charge >= 0.3 is 0 Å². The van der Waals surface area contributed by atoms with E-state index in [0.29, 0.717) is 50.7 Å². The van der Waals surface area contributed by atoms with Crippen LogP contribution in [0.25, 0.3) is 11.7 Å². The number of oxazole rings is 1. The number of amides is 1. The van der Waals surface area contributed by atoms with Crippen molar-refractivity contribution in [3.05, 3.63) is 59.7 Å². The van der Waals surface area contributed by atoms with Gasteiger partial charge in [-0.2, -0.15) is 10.2 Å². The van der Waals surface area contributed by atoms with Crippen LogP contribution in [0, 0.1) is 23.1 Å². The predicted octanol–water partition coefficient (Wildman–Crippen LogP) is 3.75. The number of piperidine rings is 1. The molecule has 0 atom stereocenters. The highest BCUT2D eigenvalue weighted by Gasteiger charge is 2.31. The number of nitrogens with zero attached hydrogens (tertiary/aromatic N) is 5. The third-order valence-corrected chi connectivity index (χ3v) is 5.99. The number of carbonyl (C=O) groups excluding carboxylic acids is 1. The van der Waals surface area contributed by atoms with Crippen molar-refractivity contribution in [3.63, 3.8) is 0 Å². The molecule has 0 aliphatic carbocycles. The highest BCUT2D eigenvalue weighted by molar-refractivity contribution is 5.79. The molecule has 0 radical (unpaired) electrons. The molecule has 8 nitrogen and oxygen atoms in total. The lowest BCUT2D eigenvalue weighted by molar-refractivity contribution is -0.137. The molecular weight excluding hydrogens is 437 g/mol. The predicted molar refractivity (Wildman–Crippen MR) is 124 cm³/mol. The van der Waals surface area contributed by atoms with Gasteiger partial charge in [0.15, 0.2) is 5.76 Å². The molecule has 0 spiro atoms. The monoisotopic (exact) mass is 465 g/mol. The summed E-state index contributed by atoms with van der Waals surface area (Å²) in [6.45, 7) is 2.94. The van der Waals surface area contributed by atoms with Gasteiger partial charge in [-0.3, -0.25) is 4.79 Å². The van der Waals surface area contributed by atoms with E-state index in [4.69, 9.17) is 8.83 Å². The van der Waals surface area contributed by atoms with Crippen molar-refractivity contribution >= 4 is 11.8 Å². The van der Waals surface area contributed by atoms with Crippen molar-refractivity contribution in [2.24, 2.45) is 5.92 Å². The Morgan fingerprint density at radius 2 is 1.94 bits per heavy atom. The van der Waals surface area contributed by atoms with Crippen molar-refractivity contribution in [1.82, 2.24) is 14.8 Å². The van der Waals surface area contributed by atoms with Crippen LogP contribution in [0.5, 0.6) is 0 Å². The first-order chi connectivity index (χ1) is 16.4. The summed E-state index contributed by atoms with van der Waals surface area (Å²) in [5.41, 5.74) is 1.11. The Balaban J connectivity index is 1.43. The van der Waals surface area contributed by atoms with E-state index < -0.39 is 0 Å². The number of benzene rings is 1. The van der Waals surface area contributed by atoms with Crippen LogP contribution in [-0.2, 0) is 11.3 Å². The second-order valence-corrected chi connectivity index (χ2v) is 8.71. The lowest BCUT2D eigenvalue weighted by atomic mass is 9.95. The fourth-order valence-corrected chi connectivity index (χ4v) is 4.09. The normalized spacial score (nSPS) is 14.4. The molecule has 34 heavy (non-hydrogen) atoms. The van der Waals surface area contributed by atoms with Gasteiger partial charge in [0, 0.05) is 38.6 Å². The van der Waals surface area contributed by atoms with Gasteiger partial charge in [-0.25, -0.2) is 4.39 Å². The summed E-state index contributed by atoms with van der Waals surface area (Å²) >= 11 is 0. The molecule has 0 saturated carbocycles. The largest absolute Gasteiger partial charge is 0.459 e. The fraction of sp³-hybridized carbons (Fsp3) is 0.400. The van der Waals surface area contributed by atoms with Gasteiger partial charge in [-0.15, -0.1) is 0 Å². The van der Waals surface area contributed by atoms with E-state index in [2.05, 4.69) is 11.1 Å². The number of hydrogen-bond acceptors (Lipinski definition) is 7. The molecule has 1 aliphatic heterocycles. The van der Waals surface area contributed by atoms with Crippen molar-refractivity contribution < 1.29 is 18.0 Å². The number of furan rings is 1. The number of nitriles is 1. The van der Waals surface area contributed by atoms with Crippen molar-refractivity contribution in [3.8, 4) is 17.7 Å². The van der Waals surface area contributed by atoms with Crippen LogP contribution >= 0.6 is 0 Å². The van der Waals surface area contributed by atoms with Gasteiger partial charge in [0.25, 0.3) is 5.89 Å². The molecule has 4 rings (SSSR count). The molecule has 3 heterocycles. The van der Waals surface area contributed by atoms with Gasteiger partial charge in [0.05, 0.1) is 6.26 Å². The van der Waals surface area contributed by atoms with E-state index in [1.807, 2.05) is 28.8 Å². The topological polar surface area (TPSA) is 89.8 Å². The van der Waals surface area contributed by atoms with E-state index in [-0.39, 0.29) is 29.2 Å². The Labute approximate surface area is 198 Å². The number of likely N-dealkylation sites (N-methyl/N-ethyl adjacent to an activating group) is 1. The molecule has 1 saturated heterocycles. The minimum absolute atomic E-state index is 0.0974. The van der Waals surface area contributed by atoms with Crippen LogP contribution in [0.15, 0.2) is 51.5 Å². The summed E-state index contributed by atoms with van der Waals surface area (Å²) in [6, 6.07) is 11.8. The Morgan fingerprint density at radius 1 is 1.21 bits per heavy atom. The lowest BCUT2D eigenvalue weighted by Gasteiger charge is -2.34. The Hall–Kier alpha value is -3.64. The summed E-state index contributed by atoms with van der Waals surface area (Å²) in [4.78, 5) is 23.5. The summed E-state index contributed by atoms with van der Waals surface area (Å²) in [6.07, 6.45) is 2.81. The molecule has 1 fully saturated rings. The molecule has 2 aromatic heterocycles. The number of rotatable bonds is 8. The Kier molecular flexibility index (Phi) is 7.28. The Bertz CT molecular complexity index is 1130. The molecule has 1 aromatic carbocycles. The number of anilines is 1. The molecule has 0 unspecified atom stereocenters. The lowest BCUT2D eigenvalue weighted by Crippen LogP contribution is -2.44. The molecule has 1 amide bonds. The molecule has 1 aliphatic rings. The fourth-order valence-electron chi connectivity index (χ4n) is 4.09. The summed E-state index contributed by atoms with van der Waals surface area (Å²) in [7, 11) is 3.94. The number of halogens is 1. The molecular formula is C25H28FN5O3. The SMILES string of the molecule is CN(C)CCN(Cc1ccc(F)cc1)C(=O)C1CCN(c2oc(-c3ccco3)nc2C#N)CC1. The van der Waals surface area contributed by atoms with Gasteiger partial charge in [-0.05, 0) is 56.8 Å². The summed E-state index contributed by atoms with van der Waals surface area (Å²) < 4.78 is 24.5. The maximum absolute atomic E-state index is 13.4. The van der Waals surface area contributed by atoms with Crippen molar-refractivity contribution in [2.75, 3.05) is 45.2 Å². The van der Waals surface area contributed by atoms with E-state index in [1.165, 1.54) is 18.4 Å². The van der Waals surface area contributed by atoms with Crippen LogP contribution in [0.2, 0.25) is 0 Å². The van der Waals surface area contributed by atoms with Crippen LogP contribution in [0.4, 0.5) is 10.3 Å². The smallest absolute Gasteiger partial charge is 0.266 e. The van der Waals surface area contributed by atoms with E-state index in [1.54, 1.807) is 24.3 Å². The number of aromatic nitrogens is 1. The maximum Gasteiger partial charge on any atom is 0.266 e. The first-order valence-corrected chi connectivity index (χ1v) is 11.3. The first-order valence-electron chi connectivity index (χ1n) is 11.3. The number of hydrogen-bond donors (Lipinski definition) is 0. The molecule has 178 valence electrons. The highest BCUT2D eigenvalue weighted by atomic mass is 19.1. The first kappa shape index (κ1) is 23.5. The van der Waals surface area contributed by atoms with E-state index >= 15 is 0 Å². The van der Waals surface area contributed by atoms with Crippen LogP contribution in [0.1, 0.15) is 24.1 Å². The summed E-state index contributed by atoms with van der Waals surface area (Å²) in [5.74, 6) is 0.823. The zero-order valence-corrected chi connectivity index (χ0v) is 19.4. The van der Waals surface area contributed by atoms with Crippen LogP contribution < -0.4 is 4.90 Å². The van der Waals surface area contributed by atoms with Gasteiger partial charge in [-0.1, -0.05) is 12.1 Å². The molecule has 0 bridgehead atoms. The second kappa shape index (κ2) is 10.5. The van der Waals surface area contributed by atoms with E-state index in [0.717, 1.165) is 12.1 Å². The average molecular weight is 466 g/mol. The number of carbonyl (C=O) groups is 1. The summed E-state index contributed by atoms with van der Waals surface area (Å²) in [5, 5.41) is 9.52. The van der Waals surface area contributed by atoms with Crippen LogP contribution in [0.3, 0.4) is 0 Å². The molecule has 0 N–H and O–H groups in total. The van der Waals surface area contributed by atoms with Gasteiger partial charge in [0.2, 0.25) is 17.5 Å². The maximum atomic E-state index is 13.4. The Morgan fingerprint density at radius 3 is 2.56 bits per heavy atom. The highest BCUT2D eigenvalue weighted by Crippen LogP contribution is 2.31. The second-order valence-electron chi connectivity index (χ2n) is 8.71. The minimum atomic E-state index is -0.290. The third kappa shape index (κ3) is 5.46. The molecule has 9 heteroatoms. The minimum Gasteiger partial charge on any atom is -0.459 e. The standard InChI is InChI=1S/C25H28FN5O3/c1-29(2)13-14-31(17-18-5-7-20(26)8-6-18)24(32)19-9-11-30(12-10-19)25-21(16-27)28-23(34-25)22-4-3-15-33-22/h3-8,15,19H,9-14,17H2,1-2H3. The van der Waals surface area contributed by atoms with Crippen LogP contribution in [-0.4, -0.2) is 61.0 Å². The van der Waals surface area contributed by atoms with Gasteiger partial charge < -0.3 is 23.5 Å². The molecule has 3 aromatic rings. The zero-order chi connectivity index (χ0) is 24.1. The van der Waals surface area contributed by atoms with Crippen molar-refractivity contribution in [2.45, 2.75) is 19.4 Å². The van der Waals surface area contributed by atoms with Crippen molar-refractivity contribution in [1.29, 1.82) is 5.26 Å². The van der Waals surface area contributed by atoms with Gasteiger partial charge in [0.1, 0.15) is 11.9 Å². The quantitative estimate of drug-likeness (QED) is 0.500. The van der Waals surface area contributed by atoms with E-state index in [9.17, 15) is 14.4 Å². The zero-order valence-electron chi connectivity index (χ0n) is 19.4. The average Bonchev–Trinajstić information content (AvgIpc) is 3.52. The third-order valence-electron chi connectivity index (χ3n) is 5.99.